The molecule has 0 spiro atoms. The zero-order valence-electron chi connectivity index (χ0n) is 23.8. The molecule has 0 saturated carbocycles. The fourth-order valence-corrected chi connectivity index (χ4v) is 5.81. The van der Waals surface area contributed by atoms with Crippen LogP contribution in [0.25, 0.3) is 0 Å². The van der Waals surface area contributed by atoms with Crippen molar-refractivity contribution < 1.29 is 27.1 Å². The second-order valence-electron chi connectivity index (χ2n) is 9.43. The van der Waals surface area contributed by atoms with Gasteiger partial charge in [-0.3, -0.25) is 13.9 Å². The lowest BCUT2D eigenvalue weighted by molar-refractivity contribution is -0.139. The maximum Gasteiger partial charge on any atom is 0.264 e. The minimum atomic E-state index is -4.28. The van der Waals surface area contributed by atoms with Crippen molar-refractivity contribution in [1.82, 2.24) is 10.2 Å². The molecule has 41 heavy (non-hydrogen) atoms. The van der Waals surface area contributed by atoms with Crippen LogP contribution in [0.2, 0.25) is 0 Å². The molecule has 1 N–H and O–H groups in total. The summed E-state index contributed by atoms with van der Waals surface area (Å²) in [4.78, 5) is 28.4. The predicted molar refractivity (Wildman–Crippen MR) is 158 cm³/mol. The molecule has 2 amide bonds. The summed E-state index contributed by atoms with van der Waals surface area (Å²) in [6, 6.07) is 19.6. The number of hydrogen-bond acceptors (Lipinski definition) is 5. The van der Waals surface area contributed by atoms with Crippen molar-refractivity contribution in [3.8, 4) is 5.75 Å². The number of halogens is 1. The number of sulfonamides is 1. The van der Waals surface area contributed by atoms with Crippen molar-refractivity contribution in [3.63, 3.8) is 0 Å². The Kier molecular flexibility index (Phi) is 11.7. The van der Waals surface area contributed by atoms with Gasteiger partial charge in [0, 0.05) is 13.1 Å². The maximum absolute atomic E-state index is 14.0. The molecule has 0 aromatic heterocycles. The summed E-state index contributed by atoms with van der Waals surface area (Å²) in [5.74, 6) is -0.850. The largest absolute Gasteiger partial charge is 0.494 e. The highest BCUT2D eigenvalue weighted by Crippen LogP contribution is 2.27. The Morgan fingerprint density at radius 1 is 0.927 bits per heavy atom. The van der Waals surface area contributed by atoms with Gasteiger partial charge in [-0.2, -0.15) is 0 Å². The minimum absolute atomic E-state index is 0.163. The van der Waals surface area contributed by atoms with E-state index in [2.05, 4.69) is 5.32 Å². The number of carbonyl (C=O) groups is 2. The number of hydrogen-bond donors (Lipinski definition) is 1. The van der Waals surface area contributed by atoms with E-state index in [0.717, 1.165) is 40.6 Å². The number of nitrogens with one attached hydrogen (secondary N) is 1. The Hall–Kier alpha value is -3.92. The van der Waals surface area contributed by atoms with Crippen LogP contribution in [0, 0.1) is 5.82 Å². The predicted octanol–water partition coefficient (Wildman–Crippen LogP) is 4.80. The Bertz CT molecular complexity index is 1370. The van der Waals surface area contributed by atoms with Gasteiger partial charge in [-0.05, 0) is 80.3 Å². The zero-order valence-corrected chi connectivity index (χ0v) is 24.6. The molecule has 0 saturated heterocycles. The van der Waals surface area contributed by atoms with E-state index < -0.39 is 34.3 Å². The Balaban J connectivity index is 2.00. The number of anilines is 1. The van der Waals surface area contributed by atoms with Crippen LogP contribution in [0.3, 0.4) is 0 Å². The third kappa shape index (κ3) is 8.53. The number of ether oxygens (including phenoxy) is 1. The summed E-state index contributed by atoms with van der Waals surface area (Å²) in [6.45, 7) is 6.15. The smallest absolute Gasteiger partial charge is 0.264 e. The number of benzene rings is 3. The Morgan fingerprint density at radius 3 is 2.17 bits per heavy atom. The normalized spacial score (nSPS) is 11.9. The molecule has 0 aliphatic carbocycles. The highest BCUT2D eigenvalue weighted by atomic mass is 32.2. The molecule has 0 heterocycles. The summed E-state index contributed by atoms with van der Waals surface area (Å²) in [7, 11) is -4.28. The van der Waals surface area contributed by atoms with Crippen LogP contribution in [0.15, 0.2) is 83.8 Å². The van der Waals surface area contributed by atoms with E-state index in [0.29, 0.717) is 31.7 Å². The van der Waals surface area contributed by atoms with Gasteiger partial charge < -0.3 is 15.0 Å². The van der Waals surface area contributed by atoms with E-state index in [-0.39, 0.29) is 23.0 Å². The van der Waals surface area contributed by atoms with Gasteiger partial charge in [0.15, 0.2) is 0 Å². The number of carbonyl (C=O) groups excluding carboxylic acids is 2. The van der Waals surface area contributed by atoms with E-state index in [1.54, 1.807) is 24.3 Å². The Labute approximate surface area is 242 Å². The van der Waals surface area contributed by atoms with Gasteiger partial charge in [0.05, 0.1) is 17.2 Å². The lowest BCUT2D eigenvalue weighted by Crippen LogP contribution is -2.53. The summed E-state index contributed by atoms with van der Waals surface area (Å²) in [6.07, 6.45) is 1.57. The van der Waals surface area contributed by atoms with Crippen molar-refractivity contribution in [2.45, 2.75) is 51.0 Å². The van der Waals surface area contributed by atoms with Crippen LogP contribution in [0.1, 0.15) is 39.2 Å². The second kappa shape index (κ2) is 15.2. The quantitative estimate of drug-likeness (QED) is 0.278. The molecule has 0 radical (unpaired) electrons. The van der Waals surface area contributed by atoms with Crippen LogP contribution >= 0.6 is 0 Å². The average molecular weight is 584 g/mol. The van der Waals surface area contributed by atoms with Gasteiger partial charge in [-0.25, -0.2) is 12.8 Å². The molecule has 0 bridgehead atoms. The first-order valence-corrected chi connectivity index (χ1v) is 15.3. The third-order valence-corrected chi connectivity index (χ3v) is 8.32. The van der Waals surface area contributed by atoms with E-state index >= 15 is 0 Å². The van der Waals surface area contributed by atoms with Gasteiger partial charge in [0.2, 0.25) is 11.8 Å². The van der Waals surface area contributed by atoms with Crippen LogP contribution < -0.4 is 14.4 Å². The first kappa shape index (κ1) is 31.6. The molecule has 3 aromatic rings. The van der Waals surface area contributed by atoms with Crippen LogP contribution in [-0.2, 0) is 26.0 Å². The molecule has 220 valence electrons. The van der Waals surface area contributed by atoms with Gasteiger partial charge in [-0.1, -0.05) is 44.2 Å². The molecule has 3 rings (SSSR count). The third-order valence-electron chi connectivity index (χ3n) is 6.54. The standard InChI is InChI=1S/C31H38FN3O5S/c1-4-21-33-31(37)29(5-2)34(22-20-24-10-8-7-9-11-24)30(36)23-35(26-14-16-27(17-15-26)40-6-3)41(38,39)28-18-12-25(32)13-19-28/h7-19,29H,4-6,20-23H2,1-3H3,(H,33,37)/t29-/m1/s1. The SMILES string of the molecule is CCCNC(=O)[C@@H](CC)N(CCc1ccccc1)C(=O)CN(c1ccc(OCC)cc1)S(=O)(=O)c1ccc(F)cc1. The van der Waals surface area contributed by atoms with Crippen LogP contribution in [-0.4, -0.2) is 57.4 Å². The number of amides is 2. The van der Waals surface area contributed by atoms with Crippen molar-refractivity contribution >= 4 is 27.5 Å². The van der Waals surface area contributed by atoms with Gasteiger partial charge in [0.1, 0.15) is 24.2 Å². The molecule has 0 aliphatic heterocycles. The van der Waals surface area contributed by atoms with E-state index in [1.165, 1.54) is 4.90 Å². The molecule has 0 aliphatic rings. The fraction of sp³-hybridized carbons (Fsp3) is 0.355. The molecule has 10 heteroatoms. The molecule has 0 fully saturated rings. The lowest BCUT2D eigenvalue weighted by Gasteiger charge is -2.33. The van der Waals surface area contributed by atoms with Gasteiger partial charge in [-0.15, -0.1) is 0 Å². The van der Waals surface area contributed by atoms with Crippen molar-refractivity contribution in [1.29, 1.82) is 0 Å². The van der Waals surface area contributed by atoms with Crippen molar-refractivity contribution in [3.05, 3.63) is 90.2 Å². The maximum atomic E-state index is 14.0. The molecular weight excluding hydrogens is 545 g/mol. The van der Waals surface area contributed by atoms with E-state index in [1.807, 2.05) is 51.1 Å². The lowest BCUT2D eigenvalue weighted by atomic mass is 10.1. The highest BCUT2D eigenvalue weighted by molar-refractivity contribution is 7.92. The first-order chi connectivity index (χ1) is 19.7. The Morgan fingerprint density at radius 2 is 1.59 bits per heavy atom. The van der Waals surface area contributed by atoms with E-state index in [4.69, 9.17) is 4.74 Å². The monoisotopic (exact) mass is 583 g/mol. The molecular formula is C31H38FN3O5S. The van der Waals surface area contributed by atoms with E-state index in [9.17, 15) is 22.4 Å². The zero-order chi connectivity index (χ0) is 29.8. The molecule has 0 unspecified atom stereocenters. The van der Waals surface area contributed by atoms with Crippen molar-refractivity contribution in [2.75, 3.05) is 30.5 Å². The summed E-state index contributed by atoms with van der Waals surface area (Å²) in [5, 5.41) is 2.87. The second-order valence-corrected chi connectivity index (χ2v) is 11.3. The van der Waals surface area contributed by atoms with Gasteiger partial charge >= 0.3 is 0 Å². The molecule has 3 aromatic carbocycles. The van der Waals surface area contributed by atoms with Crippen LogP contribution in [0.4, 0.5) is 10.1 Å². The molecule has 8 nitrogen and oxygen atoms in total. The summed E-state index contributed by atoms with van der Waals surface area (Å²) >= 11 is 0. The van der Waals surface area contributed by atoms with Gasteiger partial charge in [0.25, 0.3) is 10.0 Å². The topological polar surface area (TPSA) is 96.0 Å². The van der Waals surface area contributed by atoms with Crippen molar-refractivity contribution in [2.24, 2.45) is 0 Å². The summed E-state index contributed by atoms with van der Waals surface area (Å²) < 4.78 is 47.8. The summed E-state index contributed by atoms with van der Waals surface area (Å²) in [5.41, 5.74) is 1.22. The number of nitrogens with zero attached hydrogens (tertiary/aromatic N) is 2. The minimum Gasteiger partial charge on any atom is -0.494 e. The first-order valence-electron chi connectivity index (χ1n) is 13.8. The molecule has 1 atom stereocenters. The van der Waals surface area contributed by atoms with Crippen LogP contribution in [0.5, 0.6) is 5.75 Å². The number of rotatable bonds is 15. The average Bonchev–Trinajstić information content (AvgIpc) is 2.98. The fourth-order valence-electron chi connectivity index (χ4n) is 4.40. The highest BCUT2D eigenvalue weighted by Gasteiger charge is 2.33.